The van der Waals surface area contributed by atoms with Crippen LogP contribution in [0.4, 0.5) is 0 Å². The molecule has 1 unspecified atom stereocenters. The molecule has 2 N–H and O–H groups in total. The minimum Gasteiger partial charge on any atom is -0.368 e. The lowest BCUT2D eigenvalue weighted by atomic mass is 10.2. The van der Waals surface area contributed by atoms with Gasteiger partial charge in [-0.25, -0.2) is 4.79 Å². The van der Waals surface area contributed by atoms with E-state index in [-0.39, 0.29) is 18.1 Å². The standard InChI is InChI=1S/C15H18N4O3/c1-17-10-5-2-3-6-11(10)19(15(17)22)9-13(20)18-8-4-7-12(18)14(16)21/h2-3,5-6,12H,4,7-9H2,1H3,(H2,16,21). The van der Waals surface area contributed by atoms with E-state index in [1.165, 1.54) is 14.0 Å². The first-order chi connectivity index (χ1) is 10.5. The van der Waals surface area contributed by atoms with Crippen LogP contribution in [0.3, 0.4) is 0 Å². The predicted molar refractivity (Wildman–Crippen MR) is 81.1 cm³/mol. The van der Waals surface area contributed by atoms with Gasteiger partial charge in [0, 0.05) is 13.6 Å². The summed E-state index contributed by atoms with van der Waals surface area (Å²) in [4.78, 5) is 37.7. The number of fused-ring (bicyclic) bond motifs is 1. The van der Waals surface area contributed by atoms with Gasteiger partial charge >= 0.3 is 5.69 Å². The zero-order chi connectivity index (χ0) is 15.9. The SMILES string of the molecule is Cn1c(=O)n(CC(=O)N2CCCC2C(N)=O)c2ccccc21. The van der Waals surface area contributed by atoms with E-state index < -0.39 is 11.9 Å². The number of aryl methyl sites for hydroxylation is 1. The maximum Gasteiger partial charge on any atom is 0.329 e. The highest BCUT2D eigenvalue weighted by Gasteiger charge is 2.33. The lowest BCUT2D eigenvalue weighted by molar-refractivity contribution is -0.137. The fourth-order valence-corrected chi connectivity index (χ4v) is 3.10. The van der Waals surface area contributed by atoms with Crippen molar-refractivity contribution in [2.24, 2.45) is 12.8 Å². The Morgan fingerprint density at radius 1 is 1.27 bits per heavy atom. The summed E-state index contributed by atoms with van der Waals surface area (Å²) in [5.41, 5.74) is 6.57. The lowest BCUT2D eigenvalue weighted by Crippen LogP contribution is -2.45. The first kappa shape index (κ1) is 14.4. The summed E-state index contributed by atoms with van der Waals surface area (Å²) < 4.78 is 2.95. The number of aromatic nitrogens is 2. The molecule has 1 aliphatic heterocycles. The summed E-state index contributed by atoms with van der Waals surface area (Å²) in [6.45, 7) is 0.427. The van der Waals surface area contributed by atoms with Crippen molar-refractivity contribution in [2.45, 2.75) is 25.4 Å². The molecule has 0 spiro atoms. The number of hydrogen-bond donors (Lipinski definition) is 1. The number of para-hydroxylation sites is 2. The number of nitrogens with zero attached hydrogens (tertiary/aromatic N) is 3. The topological polar surface area (TPSA) is 90.3 Å². The van der Waals surface area contributed by atoms with Gasteiger partial charge in [0.05, 0.1) is 11.0 Å². The van der Waals surface area contributed by atoms with E-state index in [0.29, 0.717) is 18.5 Å². The van der Waals surface area contributed by atoms with Crippen LogP contribution in [0.25, 0.3) is 11.0 Å². The van der Waals surface area contributed by atoms with Crippen LogP contribution in [0.1, 0.15) is 12.8 Å². The van der Waals surface area contributed by atoms with Gasteiger partial charge in [-0.05, 0) is 25.0 Å². The summed E-state index contributed by atoms with van der Waals surface area (Å²) in [7, 11) is 1.67. The van der Waals surface area contributed by atoms with E-state index in [1.54, 1.807) is 13.1 Å². The fourth-order valence-electron chi connectivity index (χ4n) is 3.10. The number of nitrogens with two attached hydrogens (primary N) is 1. The summed E-state index contributed by atoms with van der Waals surface area (Å²) in [5, 5.41) is 0. The third-order valence-corrected chi connectivity index (χ3v) is 4.25. The van der Waals surface area contributed by atoms with Gasteiger partial charge in [0.25, 0.3) is 0 Å². The van der Waals surface area contributed by atoms with Gasteiger partial charge in [-0.1, -0.05) is 12.1 Å². The quantitative estimate of drug-likeness (QED) is 0.852. The van der Waals surface area contributed by atoms with Crippen molar-refractivity contribution in [3.8, 4) is 0 Å². The molecule has 2 aromatic rings. The van der Waals surface area contributed by atoms with Gasteiger partial charge in [-0.3, -0.25) is 18.7 Å². The number of primary amides is 1. The van der Waals surface area contributed by atoms with Gasteiger partial charge in [-0.15, -0.1) is 0 Å². The van der Waals surface area contributed by atoms with E-state index in [9.17, 15) is 14.4 Å². The summed E-state index contributed by atoms with van der Waals surface area (Å²) in [6, 6.07) is 6.75. The van der Waals surface area contributed by atoms with E-state index in [4.69, 9.17) is 5.73 Å². The van der Waals surface area contributed by atoms with Crippen LogP contribution in [0.2, 0.25) is 0 Å². The Balaban J connectivity index is 1.94. The molecule has 0 radical (unpaired) electrons. The largest absolute Gasteiger partial charge is 0.368 e. The molecule has 1 fully saturated rings. The van der Waals surface area contributed by atoms with Crippen molar-refractivity contribution in [1.29, 1.82) is 0 Å². The highest BCUT2D eigenvalue weighted by atomic mass is 16.2. The van der Waals surface area contributed by atoms with Crippen molar-refractivity contribution in [2.75, 3.05) is 6.54 Å². The van der Waals surface area contributed by atoms with Crippen LogP contribution in [0.15, 0.2) is 29.1 Å². The molecule has 3 rings (SSSR count). The third-order valence-electron chi connectivity index (χ3n) is 4.25. The van der Waals surface area contributed by atoms with Crippen molar-refractivity contribution in [3.63, 3.8) is 0 Å². The average Bonchev–Trinajstić information content (AvgIpc) is 3.08. The van der Waals surface area contributed by atoms with Gasteiger partial charge in [-0.2, -0.15) is 0 Å². The van der Waals surface area contributed by atoms with Crippen LogP contribution in [-0.2, 0) is 23.2 Å². The average molecular weight is 302 g/mol. The monoisotopic (exact) mass is 302 g/mol. The molecule has 0 saturated carbocycles. The molecule has 1 saturated heterocycles. The number of imidazole rings is 1. The number of hydrogen-bond acceptors (Lipinski definition) is 3. The highest BCUT2D eigenvalue weighted by molar-refractivity contribution is 5.88. The summed E-state index contributed by atoms with van der Waals surface area (Å²) >= 11 is 0. The molecule has 0 aliphatic carbocycles. The number of rotatable bonds is 3. The molecule has 1 aromatic heterocycles. The molecule has 1 aliphatic rings. The Bertz CT molecular complexity index is 805. The second-order valence-corrected chi connectivity index (χ2v) is 5.56. The van der Waals surface area contributed by atoms with Crippen molar-refractivity contribution >= 4 is 22.8 Å². The van der Waals surface area contributed by atoms with E-state index >= 15 is 0 Å². The zero-order valence-corrected chi connectivity index (χ0v) is 12.4. The second kappa shape index (κ2) is 5.32. The number of carbonyl (C=O) groups is 2. The van der Waals surface area contributed by atoms with Crippen LogP contribution >= 0.6 is 0 Å². The number of carbonyl (C=O) groups excluding carboxylic acids is 2. The maximum absolute atomic E-state index is 12.5. The Kier molecular flexibility index (Phi) is 3.48. The molecular weight excluding hydrogens is 284 g/mol. The van der Waals surface area contributed by atoms with Crippen molar-refractivity contribution in [1.82, 2.24) is 14.0 Å². The Morgan fingerprint density at radius 2 is 1.95 bits per heavy atom. The number of benzene rings is 1. The van der Waals surface area contributed by atoms with Crippen LogP contribution in [0.5, 0.6) is 0 Å². The van der Waals surface area contributed by atoms with Gasteiger partial charge in [0.2, 0.25) is 11.8 Å². The van der Waals surface area contributed by atoms with Crippen molar-refractivity contribution in [3.05, 3.63) is 34.7 Å². The Morgan fingerprint density at radius 3 is 2.64 bits per heavy atom. The summed E-state index contributed by atoms with van der Waals surface area (Å²) in [5.74, 6) is -0.740. The molecule has 0 bridgehead atoms. The van der Waals surface area contributed by atoms with E-state index in [0.717, 1.165) is 11.9 Å². The highest BCUT2D eigenvalue weighted by Crippen LogP contribution is 2.18. The molecule has 1 atom stereocenters. The minimum atomic E-state index is -0.557. The third kappa shape index (κ3) is 2.18. The molecule has 2 heterocycles. The smallest absolute Gasteiger partial charge is 0.329 e. The molecule has 2 amide bonds. The molecule has 116 valence electrons. The predicted octanol–water partition coefficient (Wildman–Crippen LogP) is -0.184. The first-order valence-corrected chi connectivity index (χ1v) is 7.23. The molecule has 1 aromatic carbocycles. The normalized spacial score (nSPS) is 18.0. The van der Waals surface area contributed by atoms with Crippen molar-refractivity contribution < 1.29 is 9.59 Å². The maximum atomic E-state index is 12.5. The Labute approximate surface area is 126 Å². The minimum absolute atomic E-state index is 0.0794. The Hall–Kier alpha value is -2.57. The molecule has 7 nitrogen and oxygen atoms in total. The van der Waals surface area contributed by atoms with Crippen LogP contribution in [-0.4, -0.2) is 38.4 Å². The zero-order valence-electron chi connectivity index (χ0n) is 12.4. The fraction of sp³-hybridized carbons (Fsp3) is 0.400. The van der Waals surface area contributed by atoms with Gasteiger partial charge < -0.3 is 10.6 Å². The molecular formula is C15H18N4O3. The molecule has 7 heteroatoms. The number of amides is 2. The van der Waals surface area contributed by atoms with Gasteiger partial charge in [0.1, 0.15) is 12.6 Å². The van der Waals surface area contributed by atoms with Crippen LogP contribution < -0.4 is 11.4 Å². The van der Waals surface area contributed by atoms with Crippen LogP contribution in [0, 0.1) is 0 Å². The lowest BCUT2D eigenvalue weighted by Gasteiger charge is -2.22. The molecule has 22 heavy (non-hydrogen) atoms. The van der Waals surface area contributed by atoms with Gasteiger partial charge in [0.15, 0.2) is 0 Å². The first-order valence-electron chi connectivity index (χ1n) is 7.23. The number of likely N-dealkylation sites (tertiary alicyclic amines) is 1. The van der Waals surface area contributed by atoms with E-state index in [2.05, 4.69) is 0 Å². The summed E-state index contributed by atoms with van der Waals surface area (Å²) in [6.07, 6.45) is 1.34. The second-order valence-electron chi connectivity index (χ2n) is 5.56. The van der Waals surface area contributed by atoms with E-state index in [1.807, 2.05) is 18.2 Å².